The van der Waals surface area contributed by atoms with Gasteiger partial charge in [0.15, 0.2) is 0 Å². The molecule has 0 fully saturated rings. The maximum atomic E-state index is 11.8. The van der Waals surface area contributed by atoms with Gasteiger partial charge in [-0.1, -0.05) is 32.0 Å². The predicted molar refractivity (Wildman–Crippen MR) is 117 cm³/mol. The van der Waals surface area contributed by atoms with Crippen LogP contribution in [0.3, 0.4) is 0 Å². The molecule has 0 bridgehead atoms. The third-order valence-corrected chi connectivity index (χ3v) is 3.94. The predicted octanol–water partition coefficient (Wildman–Crippen LogP) is 5.54. The zero-order valence-corrected chi connectivity index (χ0v) is 17.5. The molecule has 0 amide bonds. The molecule has 3 aromatic rings. The highest BCUT2D eigenvalue weighted by Crippen LogP contribution is 2.28. The first-order valence-corrected chi connectivity index (χ1v) is 9.46. The minimum Gasteiger partial charge on any atom is -0.497 e. The molecule has 0 aliphatic carbocycles. The van der Waals surface area contributed by atoms with Crippen LogP contribution in [0.4, 0.5) is 0 Å². The summed E-state index contributed by atoms with van der Waals surface area (Å²) in [5.74, 6) is 1.15. The summed E-state index contributed by atoms with van der Waals surface area (Å²) in [6.07, 6.45) is 3.21. The zero-order chi connectivity index (χ0) is 21.9. The van der Waals surface area contributed by atoms with Gasteiger partial charge in [-0.25, -0.2) is 9.78 Å². The minimum absolute atomic E-state index is 0.139. The van der Waals surface area contributed by atoms with Gasteiger partial charge in [-0.15, -0.1) is 0 Å². The van der Waals surface area contributed by atoms with Crippen molar-refractivity contribution in [3.05, 3.63) is 78.0 Å². The summed E-state index contributed by atoms with van der Waals surface area (Å²) in [5, 5.41) is 9.67. The normalized spacial score (nSPS) is 10.5. The van der Waals surface area contributed by atoms with Crippen molar-refractivity contribution in [3.8, 4) is 23.1 Å². The average molecular weight is 407 g/mol. The van der Waals surface area contributed by atoms with Gasteiger partial charge in [0.2, 0.25) is 5.88 Å². The number of carboxylic acids is 1. The molecule has 0 saturated heterocycles. The number of hydrogen-bond acceptors (Lipinski definition) is 5. The van der Waals surface area contributed by atoms with Crippen molar-refractivity contribution < 1.29 is 24.1 Å². The Kier molecular flexibility index (Phi) is 8.44. The van der Waals surface area contributed by atoms with E-state index in [-0.39, 0.29) is 5.57 Å². The number of nitrogens with zero attached hydrogens (tertiary/aromatic N) is 1. The van der Waals surface area contributed by atoms with Crippen LogP contribution in [0, 0.1) is 0 Å². The molecule has 0 spiro atoms. The lowest BCUT2D eigenvalue weighted by atomic mass is 10.0. The van der Waals surface area contributed by atoms with Crippen LogP contribution in [0.25, 0.3) is 11.6 Å². The van der Waals surface area contributed by atoms with E-state index in [1.807, 2.05) is 19.9 Å². The molecule has 3 rings (SSSR count). The molecule has 0 atom stereocenters. The lowest BCUT2D eigenvalue weighted by molar-refractivity contribution is -0.130. The Labute approximate surface area is 176 Å². The van der Waals surface area contributed by atoms with Crippen LogP contribution >= 0.6 is 0 Å². The van der Waals surface area contributed by atoms with Crippen molar-refractivity contribution >= 4 is 17.6 Å². The van der Waals surface area contributed by atoms with Gasteiger partial charge in [0.1, 0.15) is 17.2 Å². The highest BCUT2D eigenvalue weighted by atomic mass is 16.5. The Bertz CT molecular complexity index is 960. The van der Waals surface area contributed by atoms with Crippen molar-refractivity contribution in [2.24, 2.45) is 0 Å². The fourth-order valence-electron chi connectivity index (χ4n) is 2.58. The van der Waals surface area contributed by atoms with Gasteiger partial charge < -0.3 is 19.3 Å². The van der Waals surface area contributed by atoms with Crippen molar-refractivity contribution in [2.75, 3.05) is 14.2 Å². The molecule has 156 valence electrons. The number of ether oxygens (including phenoxy) is 3. The van der Waals surface area contributed by atoms with E-state index in [0.717, 1.165) is 0 Å². The van der Waals surface area contributed by atoms with Crippen molar-refractivity contribution in [1.29, 1.82) is 0 Å². The Balaban J connectivity index is 0.00000155. The first kappa shape index (κ1) is 22.5. The number of aromatic nitrogens is 1. The van der Waals surface area contributed by atoms with Crippen LogP contribution < -0.4 is 14.2 Å². The molecular weight excluding hydrogens is 382 g/mol. The number of benzene rings is 2. The van der Waals surface area contributed by atoms with E-state index in [4.69, 9.17) is 14.2 Å². The summed E-state index contributed by atoms with van der Waals surface area (Å²) in [6, 6.07) is 17.4. The molecule has 1 aromatic heterocycles. The number of aliphatic carboxylic acids is 1. The summed E-state index contributed by atoms with van der Waals surface area (Å²) in [5.41, 5.74) is 1.34. The second-order valence-corrected chi connectivity index (χ2v) is 5.80. The van der Waals surface area contributed by atoms with E-state index in [0.29, 0.717) is 34.3 Å². The quantitative estimate of drug-likeness (QED) is 0.409. The minimum atomic E-state index is -1.04. The van der Waals surface area contributed by atoms with Gasteiger partial charge in [-0.05, 0) is 47.5 Å². The lowest BCUT2D eigenvalue weighted by Crippen LogP contribution is -2.00. The second kappa shape index (κ2) is 11.3. The Hall–Kier alpha value is -3.80. The van der Waals surface area contributed by atoms with Gasteiger partial charge in [-0.3, -0.25) is 0 Å². The smallest absolute Gasteiger partial charge is 0.336 e. The standard InChI is InChI=1S/C22H19NO5.C2H6/c1-26-18-11-15(12-19(14-18)27-2)13-20(22(24)25)16-6-8-17(9-7-16)28-21-5-3-4-10-23-21;1-2/h3-14H,1-2H3,(H,24,25);1-2H3/b20-13+;. The van der Waals surface area contributed by atoms with Gasteiger partial charge >= 0.3 is 5.97 Å². The molecule has 2 aromatic carbocycles. The van der Waals surface area contributed by atoms with Crippen LogP contribution in [0.5, 0.6) is 23.1 Å². The third kappa shape index (κ3) is 6.10. The van der Waals surface area contributed by atoms with Crippen LogP contribution in [-0.4, -0.2) is 30.3 Å². The van der Waals surface area contributed by atoms with E-state index < -0.39 is 5.97 Å². The van der Waals surface area contributed by atoms with Crippen LogP contribution in [0.1, 0.15) is 25.0 Å². The first-order chi connectivity index (χ1) is 14.6. The second-order valence-electron chi connectivity index (χ2n) is 5.80. The molecule has 0 aliphatic rings. The maximum absolute atomic E-state index is 11.8. The number of hydrogen-bond donors (Lipinski definition) is 1. The van der Waals surface area contributed by atoms with E-state index in [1.54, 1.807) is 81.1 Å². The van der Waals surface area contributed by atoms with Crippen molar-refractivity contribution in [1.82, 2.24) is 4.98 Å². The Morgan fingerprint density at radius 2 is 1.53 bits per heavy atom. The molecule has 30 heavy (non-hydrogen) atoms. The van der Waals surface area contributed by atoms with Gasteiger partial charge in [0.25, 0.3) is 0 Å². The lowest BCUT2D eigenvalue weighted by Gasteiger charge is -2.09. The monoisotopic (exact) mass is 407 g/mol. The molecule has 0 radical (unpaired) electrons. The summed E-state index contributed by atoms with van der Waals surface area (Å²) < 4.78 is 16.1. The number of pyridine rings is 1. The number of carboxylic acid groups (broad SMARTS) is 1. The van der Waals surface area contributed by atoms with E-state index in [9.17, 15) is 9.90 Å². The summed E-state index contributed by atoms with van der Waals surface area (Å²) in [7, 11) is 3.08. The average Bonchev–Trinajstić information content (AvgIpc) is 2.79. The first-order valence-electron chi connectivity index (χ1n) is 9.46. The topological polar surface area (TPSA) is 77.9 Å². The van der Waals surface area contributed by atoms with E-state index >= 15 is 0 Å². The highest BCUT2D eigenvalue weighted by molar-refractivity contribution is 6.20. The fraction of sp³-hybridized carbons (Fsp3) is 0.167. The SMILES string of the molecule is CC.COc1cc(/C=C(/C(=O)O)c2ccc(Oc3ccccn3)cc2)cc(OC)c1. The van der Waals surface area contributed by atoms with Gasteiger partial charge in [0, 0.05) is 18.3 Å². The fourth-order valence-corrected chi connectivity index (χ4v) is 2.58. The molecule has 0 unspecified atom stereocenters. The zero-order valence-electron chi connectivity index (χ0n) is 17.5. The van der Waals surface area contributed by atoms with E-state index in [2.05, 4.69) is 4.98 Å². The molecule has 0 saturated carbocycles. The van der Waals surface area contributed by atoms with Crippen LogP contribution in [-0.2, 0) is 4.79 Å². The van der Waals surface area contributed by atoms with Crippen molar-refractivity contribution in [2.45, 2.75) is 13.8 Å². The van der Waals surface area contributed by atoms with Gasteiger partial charge in [-0.2, -0.15) is 0 Å². The molecule has 1 N–H and O–H groups in total. The largest absolute Gasteiger partial charge is 0.497 e. The Morgan fingerprint density at radius 1 is 0.900 bits per heavy atom. The summed E-state index contributed by atoms with van der Waals surface area (Å²) >= 11 is 0. The van der Waals surface area contributed by atoms with Crippen LogP contribution in [0.2, 0.25) is 0 Å². The van der Waals surface area contributed by atoms with Crippen LogP contribution in [0.15, 0.2) is 66.9 Å². The number of rotatable bonds is 7. The molecule has 0 aliphatic heterocycles. The summed E-state index contributed by atoms with van der Waals surface area (Å²) in [6.45, 7) is 4.00. The molecule has 6 nitrogen and oxygen atoms in total. The Morgan fingerprint density at radius 3 is 2.03 bits per heavy atom. The highest BCUT2D eigenvalue weighted by Gasteiger charge is 2.12. The third-order valence-electron chi connectivity index (χ3n) is 3.94. The molecular formula is C24H25NO5. The number of carbonyl (C=O) groups is 1. The van der Waals surface area contributed by atoms with E-state index in [1.165, 1.54) is 0 Å². The van der Waals surface area contributed by atoms with Crippen molar-refractivity contribution in [3.63, 3.8) is 0 Å². The molecule has 1 heterocycles. The number of methoxy groups -OCH3 is 2. The maximum Gasteiger partial charge on any atom is 0.336 e. The summed E-state index contributed by atoms with van der Waals surface area (Å²) in [4.78, 5) is 15.9. The molecule has 6 heteroatoms. The van der Waals surface area contributed by atoms with Gasteiger partial charge in [0.05, 0.1) is 19.8 Å².